The molecule has 0 radical (unpaired) electrons. The maximum Gasteiger partial charge on any atom is 0.317 e. The zero-order valence-corrected chi connectivity index (χ0v) is 14.0. The molecular formula is C18H28N2O2. The van der Waals surface area contributed by atoms with E-state index in [1.54, 1.807) is 0 Å². The molecule has 0 spiro atoms. The van der Waals surface area contributed by atoms with Crippen LogP contribution in [0, 0.1) is 5.92 Å². The van der Waals surface area contributed by atoms with E-state index in [1.165, 1.54) is 5.56 Å². The number of carbonyl (C=O) groups excluding carboxylic acids is 1. The van der Waals surface area contributed by atoms with Gasteiger partial charge in [0.15, 0.2) is 0 Å². The SMILES string of the molecule is CC1CCN(C(=O)NCCOc2cccc(C(C)C)c2)CC1. The summed E-state index contributed by atoms with van der Waals surface area (Å²) in [5.41, 5.74) is 1.27. The highest BCUT2D eigenvalue weighted by Gasteiger charge is 2.19. The fourth-order valence-electron chi connectivity index (χ4n) is 2.61. The van der Waals surface area contributed by atoms with Crippen molar-refractivity contribution in [3.8, 4) is 5.75 Å². The van der Waals surface area contributed by atoms with Gasteiger partial charge in [0.25, 0.3) is 0 Å². The number of nitrogens with one attached hydrogen (secondary N) is 1. The molecule has 122 valence electrons. The number of hydrogen-bond acceptors (Lipinski definition) is 2. The van der Waals surface area contributed by atoms with Gasteiger partial charge >= 0.3 is 6.03 Å². The Labute approximate surface area is 133 Å². The summed E-state index contributed by atoms with van der Waals surface area (Å²) in [7, 11) is 0. The highest BCUT2D eigenvalue weighted by molar-refractivity contribution is 5.74. The van der Waals surface area contributed by atoms with E-state index in [0.717, 1.165) is 37.6 Å². The van der Waals surface area contributed by atoms with E-state index in [-0.39, 0.29) is 6.03 Å². The minimum atomic E-state index is 0.0337. The van der Waals surface area contributed by atoms with Gasteiger partial charge in [0.1, 0.15) is 12.4 Å². The monoisotopic (exact) mass is 304 g/mol. The minimum Gasteiger partial charge on any atom is -0.492 e. The van der Waals surface area contributed by atoms with E-state index in [0.29, 0.717) is 19.1 Å². The summed E-state index contributed by atoms with van der Waals surface area (Å²) in [6.45, 7) is 9.34. The smallest absolute Gasteiger partial charge is 0.317 e. The number of benzene rings is 1. The van der Waals surface area contributed by atoms with Gasteiger partial charge in [0, 0.05) is 13.1 Å². The first kappa shape index (κ1) is 16.7. The molecule has 1 aromatic rings. The van der Waals surface area contributed by atoms with Crippen molar-refractivity contribution < 1.29 is 9.53 Å². The van der Waals surface area contributed by atoms with E-state index < -0.39 is 0 Å². The average molecular weight is 304 g/mol. The summed E-state index contributed by atoms with van der Waals surface area (Å²) in [4.78, 5) is 13.9. The topological polar surface area (TPSA) is 41.6 Å². The highest BCUT2D eigenvalue weighted by Crippen LogP contribution is 2.20. The molecule has 22 heavy (non-hydrogen) atoms. The van der Waals surface area contributed by atoms with Gasteiger partial charge in [-0.25, -0.2) is 4.79 Å². The summed E-state index contributed by atoms with van der Waals surface area (Å²) in [5, 5.41) is 2.94. The van der Waals surface area contributed by atoms with Gasteiger partial charge < -0.3 is 15.0 Å². The quantitative estimate of drug-likeness (QED) is 0.844. The van der Waals surface area contributed by atoms with Crippen LogP contribution in [0.3, 0.4) is 0 Å². The Bertz CT molecular complexity index is 480. The van der Waals surface area contributed by atoms with Gasteiger partial charge in [-0.1, -0.05) is 32.9 Å². The maximum absolute atomic E-state index is 12.0. The summed E-state index contributed by atoms with van der Waals surface area (Å²) in [6.07, 6.45) is 2.21. The number of amides is 2. The van der Waals surface area contributed by atoms with Gasteiger partial charge in [-0.3, -0.25) is 0 Å². The predicted molar refractivity (Wildman–Crippen MR) is 89.4 cm³/mol. The van der Waals surface area contributed by atoms with Crippen LogP contribution in [0.5, 0.6) is 5.75 Å². The molecule has 1 fully saturated rings. The molecule has 4 nitrogen and oxygen atoms in total. The minimum absolute atomic E-state index is 0.0337. The number of likely N-dealkylation sites (tertiary alicyclic amines) is 1. The van der Waals surface area contributed by atoms with Crippen LogP contribution < -0.4 is 10.1 Å². The molecule has 1 heterocycles. The van der Waals surface area contributed by atoms with Gasteiger partial charge in [-0.05, 0) is 42.4 Å². The zero-order chi connectivity index (χ0) is 15.9. The van der Waals surface area contributed by atoms with Gasteiger partial charge in [-0.15, -0.1) is 0 Å². The third kappa shape index (κ3) is 4.93. The molecule has 0 saturated carbocycles. The first-order valence-electron chi connectivity index (χ1n) is 8.32. The Morgan fingerprint density at radius 2 is 2.09 bits per heavy atom. The van der Waals surface area contributed by atoms with Crippen LogP contribution in [-0.2, 0) is 0 Å². The number of piperidine rings is 1. The Morgan fingerprint density at radius 3 is 2.77 bits per heavy atom. The molecule has 1 N–H and O–H groups in total. The van der Waals surface area contributed by atoms with Crippen LogP contribution >= 0.6 is 0 Å². The largest absolute Gasteiger partial charge is 0.492 e. The lowest BCUT2D eigenvalue weighted by Crippen LogP contribution is -2.45. The fraction of sp³-hybridized carbons (Fsp3) is 0.611. The van der Waals surface area contributed by atoms with Gasteiger partial charge in [-0.2, -0.15) is 0 Å². The number of carbonyl (C=O) groups is 1. The van der Waals surface area contributed by atoms with Crippen molar-refractivity contribution >= 4 is 6.03 Å². The van der Waals surface area contributed by atoms with Crippen molar-refractivity contribution in [1.82, 2.24) is 10.2 Å². The average Bonchev–Trinajstić information content (AvgIpc) is 2.52. The van der Waals surface area contributed by atoms with E-state index in [4.69, 9.17) is 4.74 Å². The van der Waals surface area contributed by atoms with E-state index >= 15 is 0 Å². The standard InChI is InChI=1S/C18H28N2O2/c1-14(2)16-5-4-6-17(13-16)22-12-9-19-18(21)20-10-7-15(3)8-11-20/h4-6,13-15H,7-12H2,1-3H3,(H,19,21). The van der Waals surface area contributed by atoms with Crippen molar-refractivity contribution in [2.75, 3.05) is 26.2 Å². The Hall–Kier alpha value is -1.71. The molecule has 2 rings (SSSR count). The first-order valence-corrected chi connectivity index (χ1v) is 8.32. The fourth-order valence-corrected chi connectivity index (χ4v) is 2.61. The maximum atomic E-state index is 12.0. The van der Waals surface area contributed by atoms with Crippen molar-refractivity contribution in [3.63, 3.8) is 0 Å². The molecule has 0 atom stereocenters. The van der Waals surface area contributed by atoms with Crippen LogP contribution in [0.1, 0.15) is 45.1 Å². The number of nitrogens with zero attached hydrogens (tertiary/aromatic N) is 1. The Kier molecular flexibility index (Phi) is 6.10. The number of urea groups is 1. The van der Waals surface area contributed by atoms with Crippen LogP contribution in [0.4, 0.5) is 4.79 Å². The third-order valence-corrected chi connectivity index (χ3v) is 4.24. The van der Waals surface area contributed by atoms with Gasteiger partial charge in [0.05, 0.1) is 6.54 Å². The first-order chi connectivity index (χ1) is 10.6. The van der Waals surface area contributed by atoms with Crippen molar-refractivity contribution in [2.45, 2.75) is 39.5 Å². The second-order valence-corrected chi connectivity index (χ2v) is 6.48. The summed E-state index contributed by atoms with van der Waals surface area (Å²) in [6, 6.07) is 8.18. The third-order valence-electron chi connectivity index (χ3n) is 4.24. The molecule has 1 aliphatic rings. The molecular weight excluding hydrogens is 276 g/mol. The Balaban J connectivity index is 1.68. The van der Waals surface area contributed by atoms with E-state index in [9.17, 15) is 4.79 Å². The molecule has 1 saturated heterocycles. The molecule has 0 aliphatic carbocycles. The summed E-state index contributed by atoms with van der Waals surface area (Å²) >= 11 is 0. The highest BCUT2D eigenvalue weighted by atomic mass is 16.5. The van der Waals surface area contributed by atoms with Crippen molar-refractivity contribution in [1.29, 1.82) is 0 Å². The molecule has 1 aliphatic heterocycles. The Morgan fingerprint density at radius 1 is 1.36 bits per heavy atom. The molecule has 0 bridgehead atoms. The molecule has 1 aromatic carbocycles. The molecule has 2 amide bonds. The van der Waals surface area contributed by atoms with Crippen LogP contribution in [0.15, 0.2) is 24.3 Å². The molecule has 4 heteroatoms. The molecule has 0 aromatic heterocycles. The van der Waals surface area contributed by atoms with E-state index in [1.807, 2.05) is 17.0 Å². The lowest BCUT2D eigenvalue weighted by atomic mass is 10.00. The molecule has 0 unspecified atom stereocenters. The lowest BCUT2D eigenvalue weighted by molar-refractivity contribution is 0.172. The van der Waals surface area contributed by atoms with Crippen molar-refractivity contribution in [2.24, 2.45) is 5.92 Å². The second-order valence-electron chi connectivity index (χ2n) is 6.48. The van der Waals surface area contributed by atoms with Crippen LogP contribution in [-0.4, -0.2) is 37.2 Å². The number of hydrogen-bond donors (Lipinski definition) is 1. The van der Waals surface area contributed by atoms with Crippen molar-refractivity contribution in [3.05, 3.63) is 29.8 Å². The predicted octanol–water partition coefficient (Wildman–Crippen LogP) is 3.63. The summed E-state index contributed by atoms with van der Waals surface area (Å²) in [5.74, 6) is 2.10. The van der Waals surface area contributed by atoms with E-state index in [2.05, 4.69) is 38.2 Å². The summed E-state index contributed by atoms with van der Waals surface area (Å²) < 4.78 is 5.72. The number of rotatable bonds is 5. The van der Waals surface area contributed by atoms with Crippen LogP contribution in [0.25, 0.3) is 0 Å². The normalized spacial score (nSPS) is 15.9. The zero-order valence-electron chi connectivity index (χ0n) is 14.0. The second kappa shape index (κ2) is 8.06. The van der Waals surface area contributed by atoms with Gasteiger partial charge in [0.2, 0.25) is 0 Å². The lowest BCUT2D eigenvalue weighted by Gasteiger charge is -2.30. The van der Waals surface area contributed by atoms with Crippen LogP contribution in [0.2, 0.25) is 0 Å². The number of ether oxygens (including phenoxy) is 1.